The van der Waals surface area contributed by atoms with Gasteiger partial charge in [-0.05, 0) is 43.2 Å². The van der Waals surface area contributed by atoms with Gasteiger partial charge in [-0.2, -0.15) is 0 Å². The first-order valence-electron chi connectivity index (χ1n) is 8.71. The summed E-state index contributed by atoms with van der Waals surface area (Å²) in [7, 11) is 3.20. The first-order valence-corrected chi connectivity index (χ1v) is 9.15. The summed E-state index contributed by atoms with van der Waals surface area (Å²) < 4.78 is 16.1. The quantitative estimate of drug-likeness (QED) is 0.706. The first kappa shape index (κ1) is 22.0. The molecule has 1 aromatic carbocycles. The van der Waals surface area contributed by atoms with Crippen LogP contribution in [0.25, 0.3) is 0 Å². The largest absolute Gasteiger partial charge is 0.493 e. The summed E-state index contributed by atoms with van der Waals surface area (Å²) in [6.45, 7) is 6.37. The van der Waals surface area contributed by atoms with E-state index in [0.29, 0.717) is 30.2 Å². The Hall–Kier alpha value is -2.08. The van der Waals surface area contributed by atoms with E-state index in [1.807, 2.05) is 51.1 Å². The lowest BCUT2D eigenvalue weighted by molar-refractivity contribution is -0.121. The van der Waals surface area contributed by atoms with Gasteiger partial charge in [0.25, 0.3) is 0 Å². The normalized spacial score (nSPS) is 18.0. The summed E-state index contributed by atoms with van der Waals surface area (Å²) >= 11 is 4.35. The summed E-state index contributed by atoms with van der Waals surface area (Å²) in [5.41, 5.74) is 1.06. The number of carbonyl (C=O) groups is 1. The fourth-order valence-corrected chi connectivity index (χ4v) is 2.57. The predicted octanol–water partition coefficient (Wildman–Crippen LogP) is 3.90. The van der Waals surface area contributed by atoms with Gasteiger partial charge in [0.2, 0.25) is 5.91 Å². The number of carbonyl (C=O) groups excluding carboxylic acids is 1. The van der Waals surface area contributed by atoms with Crippen molar-refractivity contribution in [1.29, 1.82) is 0 Å². The molecular weight excluding hydrogens is 350 g/mol. The van der Waals surface area contributed by atoms with Crippen molar-refractivity contribution in [3.05, 3.63) is 47.7 Å². The number of thiol groups is 1. The molecular formula is C20H29NO4S. The Morgan fingerprint density at radius 3 is 2.54 bits per heavy atom. The summed E-state index contributed by atoms with van der Waals surface area (Å²) in [5.74, 6) is 1.90. The highest BCUT2D eigenvalue weighted by molar-refractivity contribution is 7.81. The van der Waals surface area contributed by atoms with Crippen molar-refractivity contribution < 1.29 is 19.0 Å². The number of rotatable bonds is 7. The standard InChI is InChI=1S/C18H23NO4S.C2H6/c1-18(24)9-4-5-14(23-18)12-17(20)19-10-8-13-6-7-15(21-2)16(11-13)22-3;1-2/h4-7,9,11,24H,8,10,12H2,1-3H3,(H,19,20);1-2H3. The Morgan fingerprint density at radius 2 is 1.92 bits per heavy atom. The lowest BCUT2D eigenvalue weighted by atomic mass is 10.1. The lowest BCUT2D eigenvalue weighted by Crippen LogP contribution is -2.28. The third kappa shape index (κ3) is 7.04. The Morgan fingerprint density at radius 1 is 1.23 bits per heavy atom. The van der Waals surface area contributed by atoms with Crippen LogP contribution in [-0.4, -0.2) is 31.6 Å². The van der Waals surface area contributed by atoms with Gasteiger partial charge in [0.15, 0.2) is 16.4 Å². The van der Waals surface area contributed by atoms with Gasteiger partial charge in [0.05, 0.1) is 20.6 Å². The molecule has 0 saturated carbocycles. The van der Waals surface area contributed by atoms with Crippen LogP contribution in [0.3, 0.4) is 0 Å². The number of ether oxygens (including phenoxy) is 3. The molecule has 0 spiro atoms. The maximum Gasteiger partial charge on any atom is 0.227 e. The number of hydrogen-bond donors (Lipinski definition) is 2. The lowest BCUT2D eigenvalue weighted by Gasteiger charge is -2.26. The Kier molecular flexibility index (Phi) is 9.13. The highest BCUT2D eigenvalue weighted by Gasteiger charge is 2.22. The molecule has 1 aliphatic heterocycles. The molecule has 1 aromatic rings. The van der Waals surface area contributed by atoms with Crippen molar-refractivity contribution in [3.8, 4) is 11.5 Å². The fraction of sp³-hybridized carbons (Fsp3) is 0.450. The zero-order valence-electron chi connectivity index (χ0n) is 16.2. The molecule has 1 heterocycles. The third-order valence-corrected chi connectivity index (χ3v) is 3.78. The van der Waals surface area contributed by atoms with Gasteiger partial charge in [0.1, 0.15) is 5.76 Å². The molecule has 0 fully saturated rings. The third-order valence-electron chi connectivity index (χ3n) is 3.54. The van der Waals surface area contributed by atoms with Gasteiger partial charge in [-0.3, -0.25) is 4.79 Å². The second kappa shape index (κ2) is 10.8. The summed E-state index contributed by atoms with van der Waals surface area (Å²) in [5, 5.41) is 2.89. The van der Waals surface area contributed by atoms with Crippen molar-refractivity contribution in [1.82, 2.24) is 5.32 Å². The van der Waals surface area contributed by atoms with Crippen LogP contribution < -0.4 is 14.8 Å². The molecule has 6 heteroatoms. The molecule has 0 aromatic heterocycles. The number of nitrogens with one attached hydrogen (secondary N) is 1. The molecule has 5 nitrogen and oxygen atoms in total. The van der Waals surface area contributed by atoms with E-state index in [4.69, 9.17) is 14.2 Å². The van der Waals surface area contributed by atoms with Crippen molar-refractivity contribution in [2.24, 2.45) is 0 Å². The summed E-state index contributed by atoms with van der Waals surface area (Å²) in [6.07, 6.45) is 6.37. The number of benzene rings is 1. The molecule has 1 N–H and O–H groups in total. The second-order valence-electron chi connectivity index (χ2n) is 5.61. The van der Waals surface area contributed by atoms with Crippen molar-refractivity contribution >= 4 is 18.5 Å². The Bertz CT molecular complexity index is 653. The molecule has 1 unspecified atom stereocenters. The summed E-state index contributed by atoms with van der Waals surface area (Å²) in [6, 6.07) is 5.73. The van der Waals surface area contributed by atoms with Crippen LogP contribution in [0.1, 0.15) is 32.8 Å². The van der Waals surface area contributed by atoms with E-state index in [1.165, 1.54) is 0 Å². The molecule has 0 saturated heterocycles. The SMILES string of the molecule is CC.COc1ccc(CCNC(=O)CC2=CC=CC(C)(S)O2)cc1OC. The molecule has 144 valence electrons. The van der Waals surface area contributed by atoms with E-state index < -0.39 is 4.93 Å². The van der Waals surface area contributed by atoms with E-state index in [2.05, 4.69) is 17.9 Å². The fourth-order valence-electron chi connectivity index (χ4n) is 2.37. The molecule has 0 bridgehead atoms. The molecule has 1 aliphatic rings. The maximum absolute atomic E-state index is 12.0. The second-order valence-corrected chi connectivity index (χ2v) is 6.50. The molecule has 0 aliphatic carbocycles. The molecule has 0 radical (unpaired) electrons. The Balaban J connectivity index is 0.00000163. The van der Waals surface area contributed by atoms with Crippen molar-refractivity contribution in [3.63, 3.8) is 0 Å². The number of amides is 1. The van der Waals surface area contributed by atoms with Gasteiger partial charge in [0, 0.05) is 6.54 Å². The van der Waals surface area contributed by atoms with E-state index in [-0.39, 0.29) is 12.3 Å². The molecule has 1 atom stereocenters. The number of hydrogen-bond acceptors (Lipinski definition) is 5. The van der Waals surface area contributed by atoms with Crippen LogP contribution >= 0.6 is 12.6 Å². The van der Waals surface area contributed by atoms with E-state index >= 15 is 0 Å². The first-order chi connectivity index (χ1) is 12.4. The molecule has 2 rings (SSSR count). The zero-order chi connectivity index (χ0) is 19.6. The van der Waals surface area contributed by atoms with Crippen molar-refractivity contribution in [2.45, 2.75) is 38.5 Å². The maximum atomic E-state index is 12.0. The van der Waals surface area contributed by atoms with Crippen LogP contribution in [0.15, 0.2) is 42.2 Å². The van der Waals surface area contributed by atoms with Gasteiger partial charge in [-0.15, -0.1) is 12.6 Å². The van der Waals surface area contributed by atoms with E-state index in [0.717, 1.165) is 5.56 Å². The van der Waals surface area contributed by atoms with Gasteiger partial charge < -0.3 is 19.5 Å². The smallest absolute Gasteiger partial charge is 0.227 e. The topological polar surface area (TPSA) is 56.8 Å². The summed E-state index contributed by atoms with van der Waals surface area (Å²) in [4.78, 5) is 11.3. The number of allylic oxidation sites excluding steroid dienone is 2. The van der Waals surface area contributed by atoms with E-state index in [9.17, 15) is 4.79 Å². The monoisotopic (exact) mass is 379 g/mol. The van der Waals surface area contributed by atoms with Gasteiger partial charge >= 0.3 is 0 Å². The zero-order valence-corrected chi connectivity index (χ0v) is 17.1. The average Bonchev–Trinajstić information content (AvgIpc) is 2.62. The molecule has 1 amide bonds. The minimum atomic E-state index is -0.663. The highest BCUT2D eigenvalue weighted by atomic mass is 32.1. The van der Waals surface area contributed by atoms with Crippen LogP contribution in [0.4, 0.5) is 0 Å². The van der Waals surface area contributed by atoms with Crippen LogP contribution in [0, 0.1) is 0 Å². The minimum absolute atomic E-state index is 0.0823. The van der Waals surface area contributed by atoms with Crippen molar-refractivity contribution in [2.75, 3.05) is 20.8 Å². The van der Waals surface area contributed by atoms with E-state index in [1.54, 1.807) is 20.3 Å². The number of methoxy groups -OCH3 is 2. The van der Waals surface area contributed by atoms with Gasteiger partial charge in [-0.25, -0.2) is 0 Å². The Labute approximate surface area is 161 Å². The van der Waals surface area contributed by atoms with Gasteiger partial charge in [-0.1, -0.05) is 26.0 Å². The van der Waals surface area contributed by atoms with Crippen LogP contribution in [0.2, 0.25) is 0 Å². The highest BCUT2D eigenvalue weighted by Crippen LogP contribution is 2.28. The van der Waals surface area contributed by atoms with Crippen LogP contribution in [0.5, 0.6) is 11.5 Å². The predicted molar refractivity (Wildman–Crippen MR) is 108 cm³/mol. The average molecular weight is 380 g/mol. The molecule has 26 heavy (non-hydrogen) atoms. The minimum Gasteiger partial charge on any atom is -0.493 e. The van der Waals surface area contributed by atoms with Crippen LogP contribution in [-0.2, 0) is 16.0 Å².